The van der Waals surface area contributed by atoms with Crippen LogP contribution in [0.25, 0.3) is 0 Å². The molecule has 0 aliphatic carbocycles. The zero-order valence-corrected chi connectivity index (χ0v) is 12.5. The highest BCUT2D eigenvalue weighted by Gasteiger charge is 2.06. The van der Waals surface area contributed by atoms with E-state index in [0.29, 0.717) is 23.1 Å². The largest absolute Gasteiger partial charge is 0.495 e. The molecule has 0 amide bonds. The van der Waals surface area contributed by atoms with Gasteiger partial charge in [-0.15, -0.1) is 0 Å². The second kappa shape index (κ2) is 6.74. The van der Waals surface area contributed by atoms with Gasteiger partial charge in [0.05, 0.1) is 18.5 Å². The van der Waals surface area contributed by atoms with Crippen LogP contribution < -0.4 is 15.4 Å². The summed E-state index contributed by atoms with van der Waals surface area (Å²) in [4.78, 5) is 8.26. The first kappa shape index (κ1) is 14.8. The first-order valence-corrected chi connectivity index (χ1v) is 7.00. The first-order chi connectivity index (χ1) is 11.3. The predicted molar refractivity (Wildman–Crippen MR) is 88.0 cm³/mol. The van der Waals surface area contributed by atoms with Gasteiger partial charge in [-0.3, -0.25) is 0 Å². The molecule has 0 unspecified atom stereocenters. The summed E-state index contributed by atoms with van der Waals surface area (Å²) in [6.45, 7) is 0. The Bertz CT molecular complexity index is 810. The molecule has 0 atom stereocenters. The summed E-state index contributed by atoms with van der Waals surface area (Å²) < 4.78 is 19.0. The van der Waals surface area contributed by atoms with Gasteiger partial charge in [-0.2, -0.15) is 0 Å². The fourth-order valence-electron chi connectivity index (χ4n) is 2.08. The summed E-state index contributed by atoms with van der Waals surface area (Å²) in [6, 6.07) is 15.6. The summed E-state index contributed by atoms with van der Waals surface area (Å²) in [5.74, 6) is 1.42. The van der Waals surface area contributed by atoms with Crippen LogP contribution in [0.1, 0.15) is 0 Å². The van der Waals surface area contributed by atoms with E-state index in [1.807, 2.05) is 24.3 Å². The van der Waals surface area contributed by atoms with Gasteiger partial charge in [0, 0.05) is 6.07 Å². The average Bonchev–Trinajstić information content (AvgIpc) is 2.58. The topological polar surface area (TPSA) is 59.1 Å². The molecule has 1 aromatic heterocycles. The monoisotopic (exact) mass is 310 g/mol. The summed E-state index contributed by atoms with van der Waals surface area (Å²) in [7, 11) is 1.60. The normalized spacial score (nSPS) is 10.2. The van der Waals surface area contributed by atoms with E-state index in [9.17, 15) is 4.39 Å². The SMILES string of the molecule is COc1ccccc1Nc1cc(Nc2ccccc2F)ncn1. The van der Waals surface area contributed by atoms with Crippen LogP contribution in [-0.2, 0) is 0 Å². The molecule has 1 heterocycles. The lowest BCUT2D eigenvalue weighted by molar-refractivity contribution is 0.417. The van der Waals surface area contributed by atoms with Gasteiger partial charge in [-0.05, 0) is 24.3 Å². The number of nitrogens with one attached hydrogen (secondary N) is 2. The van der Waals surface area contributed by atoms with Crippen LogP contribution in [-0.4, -0.2) is 17.1 Å². The Balaban J connectivity index is 1.81. The first-order valence-electron chi connectivity index (χ1n) is 7.00. The number of methoxy groups -OCH3 is 1. The quantitative estimate of drug-likeness (QED) is 0.742. The number of ether oxygens (including phenoxy) is 1. The van der Waals surface area contributed by atoms with Gasteiger partial charge in [-0.1, -0.05) is 24.3 Å². The lowest BCUT2D eigenvalue weighted by atomic mass is 10.3. The van der Waals surface area contributed by atoms with Crippen molar-refractivity contribution in [2.75, 3.05) is 17.7 Å². The second-order valence-electron chi connectivity index (χ2n) is 4.72. The van der Waals surface area contributed by atoms with E-state index >= 15 is 0 Å². The lowest BCUT2D eigenvalue weighted by Gasteiger charge is -2.11. The van der Waals surface area contributed by atoms with Crippen molar-refractivity contribution in [3.63, 3.8) is 0 Å². The molecule has 116 valence electrons. The molecule has 0 fully saturated rings. The Morgan fingerprint density at radius 1 is 0.870 bits per heavy atom. The van der Waals surface area contributed by atoms with Crippen LogP contribution in [0.5, 0.6) is 5.75 Å². The van der Waals surface area contributed by atoms with E-state index in [0.717, 1.165) is 5.69 Å². The molecule has 2 aromatic carbocycles. The molecule has 5 nitrogen and oxygen atoms in total. The highest BCUT2D eigenvalue weighted by Crippen LogP contribution is 2.27. The highest BCUT2D eigenvalue weighted by atomic mass is 19.1. The molecular weight excluding hydrogens is 295 g/mol. The van der Waals surface area contributed by atoms with E-state index in [2.05, 4.69) is 20.6 Å². The van der Waals surface area contributed by atoms with Gasteiger partial charge in [0.25, 0.3) is 0 Å². The number of anilines is 4. The second-order valence-corrected chi connectivity index (χ2v) is 4.72. The zero-order chi connectivity index (χ0) is 16.1. The Morgan fingerprint density at radius 2 is 1.48 bits per heavy atom. The van der Waals surface area contributed by atoms with Gasteiger partial charge in [0.15, 0.2) is 0 Å². The van der Waals surface area contributed by atoms with Crippen LogP contribution in [0, 0.1) is 5.82 Å². The van der Waals surface area contributed by atoms with Gasteiger partial charge >= 0.3 is 0 Å². The van der Waals surface area contributed by atoms with Crippen molar-refractivity contribution in [2.24, 2.45) is 0 Å². The van der Waals surface area contributed by atoms with E-state index in [-0.39, 0.29) is 5.82 Å². The Labute approximate surface area is 133 Å². The van der Waals surface area contributed by atoms with Crippen LogP contribution in [0.4, 0.5) is 27.4 Å². The van der Waals surface area contributed by atoms with Crippen molar-refractivity contribution in [1.29, 1.82) is 0 Å². The van der Waals surface area contributed by atoms with Crippen LogP contribution in [0.15, 0.2) is 60.9 Å². The molecule has 23 heavy (non-hydrogen) atoms. The molecule has 0 radical (unpaired) electrons. The van der Waals surface area contributed by atoms with Crippen molar-refractivity contribution in [3.05, 3.63) is 66.7 Å². The molecule has 2 N–H and O–H groups in total. The lowest BCUT2D eigenvalue weighted by Crippen LogP contribution is -2.00. The van der Waals surface area contributed by atoms with Crippen LogP contribution in [0.3, 0.4) is 0 Å². The number of aromatic nitrogens is 2. The number of halogens is 1. The Morgan fingerprint density at radius 3 is 2.17 bits per heavy atom. The van der Waals surface area contributed by atoms with Gasteiger partial charge in [0.1, 0.15) is 29.5 Å². The fraction of sp³-hybridized carbons (Fsp3) is 0.0588. The van der Waals surface area contributed by atoms with Gasteiger partial charge in [-0.25, -0.2) is 14.4 Å². The molecule has 0 spiro atoms. The number of rotatable bonds is 5. The van der Waals surface area contributed by atoms with Crippen LogP contribution >= 0.6 is 0 Å². The van der Waals surface area contributed by atoms with E-state index in [1.54, 1.807) is 31.4 Å². The van der Waals surface area contributed by atoms with Crippen molar-refractivity contribution in [2.45, 2.75) is 0 Å². The van der Waals surface area contributed by atoms with E-state index in [1.165, 1.54) is 12.4 Å². The number of benzene rings is 2. The Hall–Kier alpha value is -3.15. The van der Waals surface area contributed by atoms with Crippen LogP contribution in [0.2, 0.25) is 0 Å². The summed E-state index contributed by atoms with van der Waals surface area (Å²) in [5, 5.41) is 6.08. The third-order valence-corrected chi connectivity index (χ3v) is 3.17. The smallest absolute Gasteiger partial charge is 0.146 e. The molecule has 3 aromatic rings. The predicted octanol–water partition coefficient (Wildman–Crippen LogP) is 4.11. The van der Waals surface area contributed by atoms with E-state index < -0.39 is 0 Å². The minimum absolute atomic E-state index is 0.342. The maximum atomic E-state index is 13.7. The minimum Gasteiger partial charge on any atom is -0.495 e. The number of para-hydroxylation sites is 3. The third-order valence-electron chi connectivity index (χ3n) is 3.17. The summed E-state index contributed by atoms with van der Waals surface area (Å²) in [5.41, 5.74) is 1.14. The van der Waals surface area contributed by atoms with E-state index in [4.69, 9.17) is 4.74 Å². The molecule has 0 aliphatic heterocycles. The molecule has 6 heteroatoms. The van der Waals surface area contributed by atoms with Crippen molar-refractivity contribution in [1.82, 2.24) is 9.97 Å². The molecule has 0 saturated carbocycles. The van der Waals surface area contributed by atoms with Gasteiger partial charge in [0.2, 0.25) is 0 Å². The standard InChI is InChI=1S/C17H15FN4O/c1-23-15-9-5-4-8-14(15)22-17-10-16(19-11-20-17)21-13-7-3-2-6-12(13)18/h2-11H,1H3,(H2,19,20,21,22). The fourth-order valence-corrected chi connectivity index (χ4v) is 2.08. The molecule has 3 rings (SSSR count). The molecular formula is C17H15FN4O. The highest BCUT2D eigenvalue weighted by molar-refractivity contribution is 5.66. The number of nitrogens with zero attached hydrogens (tertiary/aromatic N) is 2. The summed E-state index contributed by atoms with van der Waals surface area (Å²) in [6.07, 6.45) is 1.40. The van der Waals surface area contributed by atoms with Gasteiger partial charge < -0.3 is 15.4 Å². The maximum absolute atomic E-state index is 13.7. The van der Waals surface area contributed by atoms with Crippen molar-refractivity contribution in [3.8, 4) is 5.75 Å². The summed E-state index contributed by atoms with van der Waals surface area (Å²) >= 11 is 0. The minimum atomic E-state index is -0.342. The van der Waals surface area contributed by atoms with Crippen molar-refractivity contribution >= 4 is 23.0 Å². The molecule has 0 saturated heterocycles. The molecule has 0 bridgehead atoms. The average molecular weight is 310 g/mol. The Kier molecular flexibility index (Phi) is 4.33. The number of hydrogen-bond donors (Lipinski definition) is 2. The van der Waals surface area contributed by atoms with Crippen molar-refractivity contribution < 1.29 is 9.13 Å². The zero-order valence-electron chi connectivity index (χ0n) is 12.5. The number of hydrogen-bond acceptors (Lipinski definition) is 5. The maximum Gasteiger partial charge on any atom is 0.146 e. The third kappa shape index (κ3) is 3.55. The molecule has 0 aliphatic rings.